The molecule has 6 heteroatoms. The maximum atomic E-state index is 12.0. The number of nitrogens with one attached hydrogen (secondary N) is 1. The van der Waals surface area contributed by atoms with Crippen LogP contribution in [0.2, 0.25) is 5.02 Å². The molecular formula is C15H14ClNO4. The Morgan fingerprint density at radius 2 is 2.00 bits per heavy atom. The minimum absolute atomic E-state index is 0.184. The fourth-order valence-electron chi connectivity index (χ4n) is 1.84. The van der Waals surface area contributed by atoms with Crippen LogP contribution in [0.25, 0.3) is 0 Å². The third-order valence-corrected chi connectivity index (χ3v) is 3.31. The summed E-state index contributed by atoms with van der Waals surface area (Å²) in [4.78, 5) is 12.0. The van der Waals surface area contributed by atoms with E-state index in [-0.39, 0.29) is 23.6 Å². The third kappa shape index (κ3) is 3.38. The van der Waals surface area contributed by atoms with Crippen molar-refractivity contribution in [2.75, 3.05) is 7.11 Å². The number of carbonyl (C=O) groups is 1. The number of hydrogen-bond donors (Lipinski definition) is 3. The molecule has 2 rings (SSSR count). The summed E-state index contributed by atoms with van der Waals surface area (Å²) in [6.07, 6.45) is 0. The number of phenolic OH excluding ortho intramolecular Hbond substituents is 2. The van der Waals surface area contributed by atoms with E-state index in [2.05, 4.69) is 5.32 Å². The molecule has 2 aromatic carbocycles. The molecule has 0 aliphatic carbocycles. The molecule has 3 N–H and O–H groups in total. The van der Waals surface area contributed by atoms with Crippen molar-refractivity contribution < 1.29 is 19.7 Å². The molecule has 0 spiro atoms. The summed E-state index contributed by atoms with van der Waals surface area (Å²) in [6, 6.07) is 9.06. The number of benzene rings is 2. The molecule has 5 nitrogen and oxygen atoms in total. The molecule has 0 saturated carbocycles. The van der Waals surface area contributed by atoms with E-state index < -0.39 is 5.91 Å². The quantitative estimate of drug-likeness (QED) is 0.759. The summed E-state index contributed by atoms with van der Waals surface area (Å²) in [5, 5.41) is 21.8. The Bertz CT molecular complexity index is 673. The smallest absolute Gasteiger partial charge is 0.251 e. The highest BCUT2D eigenvalue weighted by Gasteiger charge is 2.12. The third-order valence-electron chi connectivity index (χ3n) is 2.96. The van der Waals surface area contributed by atoms with Gasteiger partial charge in [-0.2, -0.15) is 0 Å². The number of ether oxygens (including phenoxy) is 1. The Morgan fingerprint density at radius 1 is 1.24 bits per heavy atom. The molecule has 0 unspecified atom stereocenters. The van der Waals surface area contributed by atoms with Crippen LogP contribution in [0, 0.1) is 0 Å². The SMILES string of the molecule is COc1cccc(Cl)c1CNC(=O)c1ccc(O)c(O)c1. The van der Waals surface area contributed by atoms with Crippen LogP contribution in [0.5, 0.6) is 17.2 Å². The average Bonchev–Trinajstić information content (AvgIpc) is 2.48. The van der Waals surface area contributed by atoms with Crippen LogP contribution >= 0.6 is 11.6 Å². The van der Waals surface area contributed by atoms with Gasteiger partial charge < -0.3 is 20.3 Å². The van der Waals surface area contributed by atoms with Crippen molar-refractivity contribution in [1.29, 1.82) is 0 Å². The molecular weight excluding hydrogens is 294 g/mol. The normalized spacial score (nSPS) is 10.2. The molecule has 21 heavy (non-hydrogen) atoms. The summed E-state index contributed by atoms with van der Waals surface area (Å²) in [5.74, 6) is -0.444. The van der Waals surface area contributed by atoms with Crippen molar-refractivity contribution in [3.8, 4) is 17.2 Å². The van der Waals surface area contributed by atoms with Gasteiger partial charge in [0.05, 0.1) is 7.11 Å². The Morgan fingerprint density at radius 3 is 2.67 bits per heavy atom. The van der Waals surface area contributed by atoms with Gasteiger partial charge in [0, 0.05) is 22.7 Å². The van der Waals surface area contributed by atoms with Crippen LogP contribution in [0.3, 0.4) is 0 Å². The summed E-state index contributed by atoms with van der Waals surface area (Å²) in [5.41, 5.74) is 0.898. The molecule has 0 radical (unpaired) electrons. The van der Waals surface area contributed by atoms with Crippen LogP contribution in [-0.4, -0.2) is 23.2 Å². The average molecular weight is 308 g/mol. The van der Waals surface area contributed by atoms with Crippen LogP contribution in [0.15, 0.2) is 36.4 Å². The van der Waals surface area contributed by atoms with Crippen LogP contribution in [0.4, 0.5) is 0 Å². The number of amides is 1. The van der Waals surface area contributed by atoms with Gasteiger partial charge in [0.25, 0.3) is 5.91 Å². The number of aromatic hydroxyl groups is 2. The Kier molecular flexibility index (Phi) is 4.55. The zero-order chi connectivity index (χ0) is 15.4. The highest BCUT2D eigenvalue weighted by atomic mass is 35.5. The zero-order valence-electron chi connectivity index (χ0n) is 11.3. The minimum atomic E-state index is -0.396. The van der Waals surface area contributed by atoms with E-state index in [1.54, 1.807) is 18.2 Å². The molecule has 0 fully saturated rings. The molecule has 2 aromatic rings. The summed E-state index contributed by atoms with van der Waals surface area (Å²) >= 11 is 6.08. The van der Waals surface area contributed by atoms with Gasteiger partial charge in [-0.15, -0.1) is 0 Å². The monoisotopic (exact) mass is 307 g/mol. The van der Waals surface area contributed by atoms with E-state index >= 15 is 0 Å². The van der Waals surface area contributed by atoms with E-state index in [9.17, 15) is 15.0 Å². The Labute approximate surface area is 126 Å². The molecule has 1 amide bonds. The van der Waals surface area contributed by atoms with Crippen LogP contribution < -0.4 is 10.1 Å². The zero-order valence-corrected chi connectivity index (χ0v) is 12.0. The van der Waals surface area contributed by atoms with Crippen molar-refractivity contribution in [1.82, 2.24) is 5.32 Å². The van der Waals surface area contributed by atoms with E-state index in [0.717, 1.165) is 0 Å². The van der Waals surface area contributed by atoms with Gasteiger partial charge in [-0.05, 0) is 30.3 Å². The van der Waals surface area contributed by atoms with Crippen molar-refractivity contribution in [3.63, 3.8) is 0 Å². The fourth-order valence-corrected chi connectivity index (χ4v) is 2.07. The predicted octanol–water partition coefficient (Wildman–Crippen LogP) is 2.69. The molecule has 0 aliphatic heterocycles. The summed E-state index contributed by atoms with van der Waals surface area (Å²) in [6.45, 7) is 0.184. The Balaban J connectivity index is 2.13. The Hall–Kier alpha value is -2.40. The first-order valence-electron chi connectivity index (χ1n) is 6.14. The predicted molar refractivity (Wildman–Crippen MR) is 78.9 cm³/mol. The summed E-state index contributed by atoms with van der Waals surface area (Å²) < 4.78 is 5.19. The van der Waals surface area contributed by atoms with Gasteiger partial charge in [0.15, 0.2) is 11.5 Å². The van der Waals surface area contributed by atoms with Crippen LogP contribution in [0.1, 0.15) is 15.9 Å². The maximum absolute atomic E-state index is 12.0. The van der Waals surface area contributed by atoms with Crippen LogP contribution in [-0.2, 0) is 6.54 Å². The van der Waals surface area contributed by atoms with Gasteiger partial charge in [-0.25, -0.2) is 0 Å². The molecule has 0 saturated heterocycles. The molecule has 0 aliphatic rings. The van der Waals surface area contributed by atoms with E-state index in [1.807, 2.05) is 0 Å². The maximum Gasteiger partial charge on any atom is 0.251 e. The lowest BCUT2D eigenvalue weighted by Crippen LogP contribution is -2.23. The molecule has 0 atom stereocenters. The van der Waals surface area contributed by atoms with Gasteiger partial charge in [-0.3, -0.25) is 4.79 Å². The van der Waals surface area contributed by atoms with E-state index in [4.69, 9.17) is 16.3 Å². The number of halogens is 1. The number of hydrogen-bond acceptors (Lipinski definition) is 4. The lowest BCUT2D eigenvalue weighted by Gasteiger charge is -2.11. The van der Waals surface area contributed by atoms with Gasteiger partial charge in [-0.1, -0.05) is 17.7 Å². The second-order valence-corrected chi connectivity index (χ2v) is 4.71. The second kappa shape index (κ2) is 6.37. The van der Waals surface area contributed by atoms with Gasteiger partial charge in [0.2, 0.25) is 0 Å². The highest BCUT2D eigenvalue weighted by Crippen LogP contribution is 2.27. The molecule has 0 aromatic heterocycles. The molecule has 110 valence electrons. The standard InChI is InChI=1S/C15H14ClNO4/c1-21-14-4-2-3-11(16)10(14)8-17-15(20)9-5-6-12(18)13(19)7-9/h2-7,18-19H,8H2,1H3,(H,17,20). The lowest BCUT2D eigenvalue weighted by atomic mass is 10.1. The first kappa shape index (κ1) is 15.0. The topological polar surface area (TPSA) is 78.8 Å². The van der Waals surface area contributed by atoms with Gasteiger partial charge in [0.1, 0.15) is 5.75 Å². The molecule has 0 heterocycles. The molecule has 0 bridgehead atoms. The minimum Gasteiger partial charge on any atom is -0.504 e. The number of carbonyl (C=O) groups excluding carboxylic acids is 1. The lowest BCUT2D eigenvalue weighted by molar-refractivity contribution is 0.0950. The van der Waals surface area contributed by atoms with Crippen molar-refractivity contribution >= 4 is 17.5 Å². The summed E-state index contributed by atoms with van der Waals surface area (Å²) in [7, 11) is 1.52. The highest BCUT2D eigenvalue weighted by molar-refractivity contribution is 6.31. The van der Waals surface area contributed by atoms with Crippen molar-refractivity contribution in [3.05, 3.63) is 52.5 Å². The number of methoxy groups -OCH3 is 1. The van der Waals surface area contributed by atoms with Crippen molar-refractivity contribution in [2.45, 2.75) is 6.54 Å². The van der Waals surface area contributed by atoms with Crippen molar-refractivity contribution in [2.24, 2.45) is 0 Å². The fraction of sp³-hybridized carbons (Fsp3) is 0.133. The van der Waals surface area contributed by atoms with E-state index in [1.165, 1.54) is 25.3 Å². The largest absolute Gasteiger partial charge is 0.504 e. The first-order chi connectivity index (χ1) is 10.0. The number of rotatable bonds is 4. The van der Waals surface area contributed by atoms with Gasteiger partial charge >= 0.3 is 0 Å². The van der Waals surface area contributed by atoms with E-state index in [0.29, 0.717) is 16.3 Å². The second-order valence-electron chi connectivity index (χ2n) is 4.31. The number of phenols is 2. The first-order valence-corrected chi connectivity index (χ1v) is 6.52.